The van der Waals surface area contributed by atoms with Gasteiger partial charge in [-0.05, 0) is 26.0 Å². The van der Waals surface area contributed by atoms with Crippen molar-refractivity contribution in [3.8, 4) is 0 Å². The van der Waals surface area contributed by atoms with E-state index in [2.05, 4.69) is 15.3 Å². The summed E-state index contributed by atoms with van der Waals surface area (Å²) < 4.78 is 0. The van der Waals surface area contributed by atoms with Crippen LogP contribution in [0.5, 0.6) is 0 Å². The molecule has 0 saturated heterocycles. The fourth-order valence-corrected chi connectivity index (χ4v) is 4.29. The zero-order chi connectivity index (χ0) is 21.2. The van der Waals surface area contributed by atoms with Crippen LogP contribution < -0.4 is 5.32 Å². The second-order valence-electron chi connectivity index (χ2n) is 7.32. The minimum absolute atomic E-state index is 0.0519. The van der Waals surface area contributed by atoms with Crippen LogP contribution in [0.3, 0.4) is 0 Å². The molecular formula is C22H16N4O4. The van der Waals surface area contributed by atoms with Gasteiger partial charge in [0.25, 0.3) is 17.5 Å². The fraction of sp³-hybridized carbons (Fsp3) is 0.0909. The predicted octanol–water partition coefficient (Wildman–Crippen LogP) is 3.74. The van der Waals surface area contributed by atoms with Gasteiger partial charge in [-0.1, -0.05) is 18.2 Å². The molecule has 0 aliphatic carbocycles. The normalized spacial score (nSPS) is 14.2. The first-order valence-corrected chi connectivity index (χ1v) is 9.31. The Bertz CT molecular complexity index is 1450. The molecule has 1 aliphatic rings. The van der Waals surface area contributed by atoms with E-state index in [1.165, 1.54) is 12.1 Å². The molecule has 0 bridgehead atoms. The van der Waals surface area contributed by atoms with Crippen LogP contribution in [0.15, 0.2) is 42.5 Å². The molecule has 3 heterocycles. The molecule has 5 rings (SSSR count). The number of fused-ring (bicyclic) bond motifs is 2. The highest BCUT2D eigenvalue weighted by Gasteiger charge is 2.36. The molecule has 2 aromatic carbocycles. The smallest absolute Gasteiger partial charge is 0.271 e. The summed E-state index contributed by atoms with van der Waals surface area (Å²) in [5, 5.41) is 15.0. The van der Waals surface area contributed by atoms with Gasteiger partial charge in [0.1, 0.15) is 0 Å². The lowest BCUT2D eigenvalue weighted by molar-refractivity contribution is -0.384. The maximum Gasteiger partial charge on any atom is 0.271 e. The topological polar surface area (TPSA) is 121 Å². The van der Waals surface area contributed by atoms with Crippen molar-refractivity contribution in [3.63, 3.8) is 0 Å². The number of benzene rings is 2. The number of rotatable bonds is 3. The van der Waals surface area contributed by atoms with E-state index >= 15 is 0 Å². The van der Waals surface area contributed by atoms with E-state index in [-0.39, 0.29) is 11.3 Å². The lowest BCUT2D eigenvalue weighted by Gasteiger charge is -2.06. The Hall–Kier alpha value is -4.20. The monoisotopic (exact) mass is 400 g/mol. The van der Waals surface area contributed by atoms with Gasteiger partial charge in [0, 0.05) is 50.9 Å². The van der Waals surface area contributed by atoms with Crippen molar-refractivity contribution in [1.29, 1.82) is 0 Å². The minimum Gasteiger partial charge on any atom is -0.358 e. The molecule has 8 nitrogen and oxygen atoms in total. The molecule has 2 amide bonds. The third-order valence-electron chi connectivity index (χ3n) is 5.51. The zero-order valence-electron chi connectivity index (χ0n) is 16.1. The molecule has 8 heteroatoms. The van der Waals surface area contributed by atoms with E-state index in [1.807, 2.05) is 31.2 Å². The Labute approximate surface area is 169 Å². The van der Waals surface area contributed by atoms with E-state index < -0.39 is 16.7 Å². The van der Waals surface area contributed by atoms with Gasteiger partial charge < -0.3 is 9.97 Å². The number of non-ortho nitro benzene ring substituents is 1. The molecule has 0 unspecified atom stereocenters. The Morgan fingerprint density at radius 3 is 2.00 bits per heavy atom. The number of hydrogen-bond donors (Lipinski definition) is 3. The van der Waals surface area contributed by atoms with Gasteiger partial charge in [0.15, 0.2) is 0 Å². The van der Waals surface area contributed by atoms with Crippen LogP contribution in [0.4, 0.5) is 5.69 Å². The number of carbonyl (C=O) groups is 2. The summed E-state index contributed by atoms with van der Waals surface area (Å²) in [6, 6.07) is 12.0. The van der Waals surface area contributed by atoms with Crippen molar-refractivity contribution in [2.75, 3.05) is 0 Å². The zero-order valence-corrected chi connectivity index (χ0v) is 16.1. The molecule has 4 aromatic rings. The van der Waals surface area contributed by atoms with Crippen molar-refractivity contribution in [3.05, 3.63) is 75.1 Å². The highest BCUT2D eigenvalue weighted by molar-refractivity contribution is 6.51. The van der Waals surface area contributed by atoms with Crippen LogP contribution in [0, 0.1) is 24.0 Å². The SMILES string of the molecule is Cc1[nH]c2ccccc2c1C1=C(c2c(C)[nH]c3cc([N+](=O)[O-])ccc23)C(=O)NC1=O. The van der Waals surface area contributed by atoms with Gasteiger partial charge in [0.2, 0.25) is 0 Å². The number of amides is 2. The van der Waals surface area contributed by atoms with E-state index in [0.29, 0.717) is 33.3 Å². The van der Waals surface area contributed by atoms with E-state index in [0.717, 1.165) is 16.6 Å². The van der Waals surface area contributed by atoms with E-state index in [9.17, 15) is 19.7 Å². The third-order valence-corrected chi connectivity index (χ3v) is 5.51. The Kier molecular flexibility index (Phi) is 3.66. The second kappa shape index (κ2) is 6.15. The van der Waals surface area contributed by atoms with Gasteiger partial charge >= 0.3 is 0 Å². The van der Waals surface area contributed by atoms with Gasteiger partial charge in [-0.2, -0.15) is 0 Å². The van der Waals surface area contributed by atoms with Crippen molar-refractivity contribution >= 4 is 50.5 Å². The first kappa shape index (κ1) is 17.9. The summed E-state index contributed by atoms with van der Waals surface area (Å²) in [5.41, 5.74) is 4.61. The molecule has 2 aromatic heterocycles. The summed E-state index contributed by atoms with van der Waals surface area (Å²) in [5.74, 6) is -0.944. The number of nitro benzene ring substituents is 1. The van der Waals surface area contributed by atoms with Gasteiger partial charge in [0.05, 0.1) is 21.6 Å². The average molecular weight is 400 g/mol. The van der Waals surface area contributed by atoms with Crippen molar-refractivity contribution in [1.82, 2.24) is 15.3 Å². The predicted molar refractivity (Wildman–Crippen MR) is 113 cm³/mol. The number of para-hydroxylation sites is 1. The quantitative estimate of drug-likeness (QED) is 0.275. The van der Waals surface area contributed by atoms with E-state index in [1.54, 1.807) is 13.0 Å². The number of nitrogens with zero attached hydrogens (tertiary/aromatic N) is 1. The molecule has 3 N–H and O–H groups in total. The van der Waals surface area contributed by atoms with Crippen molar-refractivity contribution in [2.45, 2.75) is 13.8 Å². The Morgan fingerprint density at radius 1 is 0.800 bits per heavy atom. The number of aromatic nitrogens is 2. The maximum atomic E-state index is 12.9. The summed E-state index contributed by atoms with van der Waals surface area (Å²) >= 11 is 0. The van der Waals surface area contributed by atoms with Crippen molar-refractivity contribution < 1.29 is 14.5 Å². The number of aromatic amines is 2. The number of imide groups is 1. The highest BCUT2D eigenvalue weighted by Crippen LogP contribution is 2.40. The summed E-state index contributed by atoms with van der Waals surface area (Å²) in [6.45, 7) is 3.64. The summed E-state index contributed by atoms with van der Waals surface area (Å²) in [7, 11) is 0. The fourth-order valence-electron chi connectivity index (χ4n) is 4.29. The molecule has 0 saturated carbocycles. The summed E-state index contributed by atoms with van der Waals surface area (Å²) in [6.07, 6.45) is 0. The largest absolute Gasteiger partial charge is 0.358 e. The van der Waals surface area contributed by atoms with Crippen molar-refractivity contribution in [2.24, 2.45) is 0 Å². The highest BCUT2D eigenvalue weighted by atomic mass is 16.6. The third kappa shape index (κ3) is 2.40. The standard InChI is InChI=1S/C22H16N4O4/c1-10-17(13-5-3-4-6-15(13)23-10)19-20(22(28)25-21(19)27)18-11(2)24-16-9-12(26(29)30)7-8-14(16)18/h3-9,23-24H,1-2H3,(H,25,27,28). The molecule has 0 atom stereocenters. The second-order valence-corrected chi connectivity index (χ2v) is 7.32. The summed E-state index contributed by atoms with van der Waals surface area (Å²) in [4.78, 5) is 42.8. The van der Waals surface area contributed by atoms with Gasteiger partial charge in [-0.15, -0.1) is 0 Å². The first-order chi connectivity index (χ1) is 14.4. The molecule has 1 aliphatic heterocycles. The van der Waals surface area contributed by atoms with Crippen LogP contribution in [0.2, 0.25) is 0 Å². The van der Waals surface area contributed by atoms with Crippen LogP contribution >= 0.6 is 0 Å². The van der Waals surface area contributed by atoms with Gasteiger partial charge in [-0.3, -0.25) is 25.0 Å². The molecule has 0 radical (unpaired) electrons. The average Bonchev–Trinajstić information content (AvgIpc) is 3.29. The molecular weight excluding hydrogens is 384 g/mol. The number of hydrogen-bond acceptors (Lipinski definition) is 4. The van der Waals surface area contributed by atoms with Crippen LogP contribution in [-0.4, -0.2) is 26.7 Å². The Morgan fingerprint density at radius 2 is 1.37 bits per heavy atom. The Balaban J connectivity index is 1.86. The number of nitrogens with one attached hydrogen (secondary N) is 3. The first-order valence-electron chi connectivity index (χ1n) is 9.31. The molecule has 0 fully saturated rings. The number of aryl methyl sites for hydroxylation is 2. The molecule has 30 heavy (non-hydrogen) atoms. The van der Waals surface area contributed by atoms with Crippen LogP contribution in [-0.2, 0) is 9.59 Å². The van der Waals surface area contributed by atoms with Gasteiger partial charge in [-0.25, -0.2) is 0 Å². The lowest BCUT2D eigenvalue weighted by atomic mass is 9.93. The molecule has 0 spiro atoms. The number of nitro groups is 1. The van der Waals surface area contributed by atoms with Crippen LogP contribution in [0.25, 0.3) is 33.0 Å². The lowest BCUT2D eigenvalue weighted by Crippen LogP contribution is -2.22. The van der Waals surface area contributed by atoms with E-state index in [4.69, 9.17) is 0 Å². The minimum atomic E-state index is -0.484. The molecule has 148 valence electrons. The van der Waals surface area contributed by atoms with Crippen LogP contribution in [0.1, 0.15) is 22.5 Å². The number of H-pyrrole nitrogens is 2. The maximum absolute atomic E-state index is 12.9. The number of carbonyl (C=O) groups excluding carboxylic acids is 2.